The first kappa shape index (κ1) is 25.1. The second-order valence-corrected chi connectivity index (χ2v) is 10.9. The summed E-state index contributed by atoms with van der Waals surface area (Å²) < 4.78 is 2.32. The smallest absolute Gasteiger partial charge is 0.164 e. The quantitative estimate of drug-likeness (QED) is 0.214. The van der Waals surface area contributed by atoms with Gasteiger partial charge >= 0.3 is 0 Å². The molecule has 7 aromatic rings. The van der Waals surface area contributed by atoms with Crippen LogP contribution in [-0.4, -0.2) is 19.5 Å². The van der Waals surface area contributed by atoms with Gasteiger partial charge in [-0.2, -0.15) is 0 Å². The highest BCUT2D eigenvalue weighted by Crippen LogP contribution is 2.34. The number of allylic oxidation sites excluding steroid dienone is 4. The van der Waals surface area contributed by atoms with Gasteiger partial charge < -0.3 is 4.57 Å². The topological polar surface area (TPSA) is 43.6 Å². The van der Waals surface area contributed by atoms with Crippen molar-refractivity contribution in [2.24, 2.45) is 0 Å². The maximum Gasteiger partial charge on any atom is 0.164 e. The first-order chi connectivity index (χ1) is 21.3. The molecule has 204 valence electrons. The first-order valence-corrected chi connectivity index (χ1v) is 14.7. The van der Waals surface area contributed by atoms with Gasteiger partial charge in [0, 0.05) is 39.1 Å². The van der Waals surface area contributed by atoms with E-state index in [1.807, 2.05) is 30.3 Å². The van der Waals surface area contributed by atoms with Crippen LogP contribution < -0.4 is 0 Å². The predicted molar refractivity (Wildman–Crippen MR) is 176 cm³/mol. The maximum atomic E-state index is 5.05. The second kappa shape index (κ2) is 10.7. The Bertz CT molecular complexity index is 2100. The van der Waals surface area contributed by atoms with Crippen LogP contribution >= 0.6 is 0 Å². The Morgan fingerprint density at radius 1 is 0.535 bits per heavy atom. The van der Waals surface area contributed by atoms with Crippen molar-refractivity contribution < 1.29 is 0 Å². The molecule has 4 nitrogen and oxygen atoms in total. The van der Waals surface area contributed by atoms with Gasteiger partial charge in [0.2, 0.25) is 0 Å². The minimum Gasteiger partial charge on any atom is -0.309 e. The summed E-state index contributed by atoms with van der Waals surface area (Å²) in [5.41, 5.74) is 7.67. The first-order valence-electron chi connectivity index (χ1n) is 14.7. The van der Waals surface area contributed by atoms with Crippen LogP contribution in [0.1, 0.15) is 23.7 Å². The van der Waals surface area contributed by atoms with E-state index in [9.17, 15) is 0 Å². The molecular weight excluding hydrogens is 524 g/mol. The molecule has 1 aliphatic carbocycles. The number of rotatable bonds is 5. The molecule has 1 unspecified atom stereocenters. The molecule has 2 heterocycles. The molecule has 43 heavy (non-hydrogen) atoms. The normalized spacial score (nSPS) is 14.7. The van der Waals surface area contributed by atoms with Crippen LogP contribution in [0.2, 0.25) is 0 Å². The van der Waals surface area contributed by atoms with E-state index in [1.165, 1.54) is 27.4 Å². The van der Waals surface area contributed by atoms with E-state index in [0.717, 1.165) is 28.8 Å². The summed E-state index contributed by atoms with van der Waals surface area (Å²) in [7, 11) is 0. The number of benzene rings is 5. The molecule has 0 saturated carbocycles. The molecule has 0 aliphatic heterocycles. The molecule has 0 spiro atoms. The third-order valence-corrected chi connectivity index (χ3v) is 8.20. The summed E-state index contributed by atoms with van der Waals surface area (Å²) in [6, 6.07) is 46.4. The number of aromatic nitrogens is 4. The van der Waals surface area contributed by atoms with Crippen LogP contribution in [0.15, 0.2) is 152 Å². The van der Waals surface area contributed by atoms with Gasteiger partial charge in [0.25, 0.3) is 0 Å². The molecule has 5 aromatic carbocycles. The Hall–Kier alpha value is -5.61. The fourth-order valence-electron chi connectivity index (χ4n) is 6.07. The standard InChI is InChI=1S/C39H28N4/c1-3-12-27(13-4-1)28-22-24-30(25-23-28)38-40-37(29-14-5-2-6-15-29)41-39(42-38)31-16-11-17-32(26-31)43-35-20-9-7-18-33(35)34-19-8-10-21-36(34)43/h1-22,24-26,28H,23H2. The van der Waals surface area contributed by atoms with E-state index >= 15 is 0 Å². The Kier molecular flexibility index (Phi) is 6.23. The molecule has 8 rings (SSSR count). The van der Waals surface area contributed by atoms with Gasteiger partial charge in [-0.05, 0) is 36.2 Å². The molecule has 0 bridgehead atoms. The summed E-state index contributed by atoms with van der Waals surface area (Å²) in [5, 5.41) is 2.48. The van der Waals surface area contributed by atoms with Gasteiger partial charge in [0.15, 0.2) is 17.5 Å². The Morgan fingerprint density at radius 3 is 1.79 bits per heavy atom. The molecule has 1 aliphatic rings. The van der Waals surface area contributed by atoms with Crippen LogP contribution in [0.4, 0.5) is 0 Å². The number of hydrogen-bond acceptors (Lipinski definition) is 3. The molecule has 4 heteroatoms. The lowest BCUT2D eigenvalue weighted by Crippen LogP contribution is -2.05. The molecule has 2 aromatic heterocycles. The van der Waals surface area contributed by atoms with Crippen molar-refractivity contribution in [2.45, 2.75) is 12.3 Å². The molecule has 0 fully saturated rings. The number of nitrogens with zero attached hydrogens (tertiary/aromatic N) is 4. The number of fused-ring (bicyclic) bond motifs is 3. The van der Waals surface area contributed by atoms with Crippen LogP contribution in [0.25, 0.3) is 55.8 Å². The lowest BCUT2D eigenvalue weighted by Gasteiger charge is -2.17. The van der Waals surface area contributed by atoms with E-state index in [2.05, 4.69) is 126 Å². The lowest BCUT2D eigenvalue weighted by atomic mass is 9.90. The fraction of sp³-hybridized carbons (Fsp3) is 0.0513. The van der Waals surface area contributed by atoms with Crippen molar-refractivity contribution >= 4 is 27.4 Å². The third-order valence-electron chi connectivity index (χ3n) is 8.20. The van der Waals surface area contributed by atoms with Crippen LogP contribution in [0, 0.1) is 0 Å². The van der Waals surface area contributed by atoms with Crippen LogP contribution in [0.3, 0.4) is 0 Å². The van der Waals surface area contributed by atoms with Crippen molar-refractivity contribution in [3.05, 3.63) is 163 Å². The molecule has 0 saturated heterocycles. The van der Waals surface area contributed by atoms with E-state index in [0.29, 0.717) is 23.4 Å². The van der Waals surface area contributed by atoms with Crippen molar-refractivity contribution in [1.29, 1.82) is 0 Å². The molecule has 0 N–H and O–H groups in total. The Labute approximate surface area is 250 Å². The van der Waals surface area contributed by atoms with Crippen molar-refractivity contribution in [1.82, 2.24) is 19.5 Å². The number of hydrogen-bond donors (Lipinski definition) is 0. The van der Waals surface area contributed by atoms with Crippen LogP contribution in [0.5, 0.6) is 0 Å². The van der Waals surface area contributed by atoms with E-state index in [1.54, 1.807) is 0 Å². The van der Waals surface area contributed by atoms with Crippen LogP contribution in [-0.2, 0) is 0 Å². The highest BCUT2D eigenvalue weighted by Gasteiger charge is 2.18. The predicted octanol–water partition coefficient (Wildman–Crippen LogP) is 9.43. The van der Waals surface area contributed by atoms with Gasteiger partial charge in [-0.15, -0.1) is 0 Å². The fourth-order valence-corrected chi connectivity index (χ4v) is 6.07. The monoisotopic (exact) mass is 552 g/mol. The Balaban J connectivity index is 1.24. The van der Waals surface area contributed by atoms with Gasteiger partial charge in [-0.25, -0.2) is 15.0 Å². The minimum absolute atomic E-state index is 0.350. The Morgan fingerprint density at radius 2 is 1.12 bits per heavy atom. The van der Waals surface area contributed by atoms with Crippen molar-refractivity contribution in [2.75, 3.05) is 0 Å². The van der Waals surface area contributed by atoms with Gasteiger partial charge in [0.1, 0.15) is 0 Å². The van der Waals surface area contributed by atoms with Crippen molar-refractivity contribution in [3.63, 3.8) is 0 Å². The van der Waals surface area contributed by atoms with E-state index < -0.39 is 0 Å². The molecule has 0 amide bonds. The van der Waals surface area contributed by atoms with Gasteiger partial charge in [-0.1, -0.05) is 127 Å². The second-order valence-electron chi connectivity index (χ2n) is 10.9. The summed E-state index contributed by atoms with van der Waals surface area (Å²) in [5.74, 6) is 2.37. The summed E-state index contributed by atoms with van der Waals surface area (Å²) in [6.45, 7) is 0. The summed E-state index contributed by atoms with van der Waals surface area (Å²) in [4.78, 5) is 15.0. The van der Waals surface area contributed by atoms with Gasteiger partial charge in [-0.3, -0.25) is 0 Å². The highest BCUT2D eigenvalue weighted by atomic mass is 15.0. The average Bonchev–Trinajstić information content (AvgIpc) is 3.43. The number of para-hydroxylation sites is 2. The van der Waals surface area contributed by atoms with Gasteiger partial charge in [0.05, 0.1) is 11.0 Å². The zero-order valence-corrected chi connectivity index (χ0v) is 23.5. The van der Waals surface area contributed by atoms with Crippen molar-refractivity contribution in [3.8, 4) is 28.5 Å². The largest absolute Gasteiger partial charge is 0.309 e. The minimum atomic E-state index is 0.350. The summed E-state index contributed by atoms with van der Waals surface area (Å²) >= 11 is 0. The zero-order chi connectivity index (χ0) is 28.6. The molecular formula is C39H28N4. The third kappa shape index (κ3) is 4.63. The average molecular weight is 553 g/mol. The van der Waals surface area contributed by atoms with E-state index in [4.69, 9.17) is 15.0 Å². The molecule has 1 atom stereocenters. The highest BCUT2D eigenvalue weighted by molar-refractivity contribution is 6.09. The summed E-state index contributed by atoms with van der Waals surface area (Å²) in [6.07, 6.45) is 7.57. The molecule has 0 radical (unpaired) electrons. The maximum absolute atomic E-state index is 5.05. The van der Waals surface area contributed by atoms with E-state index in [-0.39, 0.29) is 0 Å². The lowest BCUT2D eigenvalue weighted by molar-refractivity contribution is 0.854. The zero-order valence-electron chi connectivity index (χ0n) is 23.5. The SMILES string of the molecule is C1=CC(c2ccccc2)CC=C1c1nc(-c2ccccc2)nc(-c2cccc(-n3c4ccccc4c4ccccc43)c2)n1.